The van der Waals surface area contributed by atoms with E-state index in [9.17, 15) is 9.59 Å². The lowest BCUT2D eigenvalue weighted by Gasteiger charge is -2.34. The molecule has 1 saturated heterocycles. The van der Waals surface area contributed by atoms with Crippen LogP contribution in [0.4, 0.5) is 5.82 Å². The number of methoxy groups -OCH3 is 1. The fraction of sp³-hybridized carbons (Fsp3) is 0.550. The lowest BCUT2D eigenvalue weighted by atomic mass is 9.90. The molecule has 0 unspecified atom stereocenters. The number of carbonyl (C=O) groups excluding carboxylic acids is 1. The van der Waals surface area contributed by atoms with E-state index >= 15 is 0 Å². The van der Waals surface area contributed by atoms with Crippen molar-refractivity contribution in [2.75, 3.05) is 25.1 Å². The second-order valence-corrected chi connectivity index (χ2v) is 9.40. The Morgan fingerprint density at radius 2 is 2.03 bits per heavy atom. The number of aromatic nitrogens is 4. The number of fused-ring (bicyclic) bond motifs is 5. The first kappa shape index (κ1) is 19.4. The Morgan fingerprint density at radius 3 is 2.77 bits per heavy atom. The van der Waals surface area contributed by atoms with E-state index in [4.69, 9.17) is 9.72 Å². The second kappa shape index (κ2) is 6.98. The van der Waals surface area contributed by atoms with Crippen LogP contribution in [0.3, 0.4) is 0 Å². The van der Waals surface area contributed by atoms with E-state index in [0.29, 0.717) is 23.2 Å². The summed E-state index contributed by atoms with van der Waals surface area (Å²) in [6.07, 6.45) is 3.01. The van der Waals surface area contributed by atoms with Gasteiger partial charge in [-0.2, -0.15) is 4.68 Å². The molecule has 0 radical (unpaired) electrons. The van der Waals surface area contributed by atoms with Crippen LogP contribution in [0.15, 0.2) is 4.79 Å². The number of carbonyl (C=O) groups is 1. The van der Waals surface area contributed by atoms with E-state index in [1.54, 1.807) is 0 Å². The molecule has 5 heterocycles. The molecular formula is C20H23N5O4S. The third-order valence-corrected chi connectivity index (χ3v) is 6.87. The minimum atomic E-state index is -0.544. The van der Waals surface area contributed by atoms with Gasteiger partial charge in [0.05, 0.1) is 19.3 Å². The van der Waals surface area contributed by atoms with Crippen molar-refractivity contribution in [1.82, 2.24) is 20.0 Å². The van der Waals surface area contributed by atoms with E-state index in [0.717, 1.165) is 57.8 Å². The van der Waals surface area contributed by atoms with Crippen LogP contribution < -0.4 is 10.5 Å². The molecule has 0 amide bonds. The molecule has 0 N–H and O–H groups in total. The van der Waals surface area contributed by atoms with Gasteiger partial charge in [0.25, 0.3) is 5.56 Å². The number of hydrogen-bond acceptors (Lipinski definition) is 9. The molecule has 0 atom stereocenters. The highest BCUT2D eigenvalue weighted by atomic mass is 32.1. The normalized spacial score (nSPS) is 18.2. The standard InChI is InChI=1S/C20H23N5O4S/c1-20(2)8-11-12(10-29-20)17(24-6-4-5-7-24)21-18-14(11)15-16(30-18)19(27)25(23-22-15)9-13(26)28-3/h4-10H2,1-3H3. The van der Waals surface area contributed by atoms with Gasteiger partial charge in [-0.05, 0) is 32.3 Å². The third-order valence-electron chi connectivity index (χ3n) is 5.81. The average Bonchev–Trinajstić information content (AvgIpc) is 3.36. The number of thiophene rings is 1. The molecule has 3 aromatic heterocycles. The van der Waals surface area contributed by atoms with Crippen molar-refractivity contribution in [1.29, 1.82) is 0 Å². The summed E-state index contributed by atoms with van der Waals surface area (Å²) in [5.74, 6) is 0.414. The van der Waals surface area contributed by atoms with Crippen LogP contribution in [0.2, 0.25) is 0 Å². The lowest BCUT2D eigenvalue weighted by Crippen LogP contribution is -2.34. The van der Waals surface area contributed by atoms with Gasteiger partial charge in [-0.3, -0.25) is 9.59 Å². The van der Waals surface area contributed by atoms with Crippen molar-refractivity contribution in [3.63, 3.8) is 0 Å². The first-order chi connectivity index (χ1) is 14.4. The first-order valence-corrected chi connectivity index (χ1v) is 10.9. The molecule has 5 rings (SSSR count). The molecule has 0 aromatic carbocycles. The summed E-state index contributed by atoms with van der Waals surface area (Å²) in [6.45, 7) is 6.32. The monoisotopic (exact) mass is 429 g/mol. The zero-order valence-electron chi connectivity index (χ0n) is 17.2. The second-order valence-electron chi connectivity index (χ2n) is 8.40. The maximum atomic E-state index is 13.0. The molecular weight excluding hydrogens is 406 g/mol. The Bertz CT molecular complexity index is 1230. The van der Waals surface area contributed by atoms with Crippen molar-refractivity contribution in [2.24, 2.45) is 0 Å². The number of nitrogens with zero attached hydrogens (tertiary/aromatic N) is 5. The number of pyridine rings is 1. The summed E-state index contributed by atoms with van der Waals surface area (Å²) in [7, 11) is 1.28. The fourth-order valence-corrected chi connectivity index (χ4v) is 5.36. The predicted molar refractivity (Wildman–Crippen MR) is 113 cm³/mol. The maximum Gasteiger partial charge on any atom is 0.327 e. The number of esters is 1. The van der Waals surface area contributed by atoms with E-state index in [1.165, 1.54) is 18.4 Å². The van der Waals surface area contributed by atoms with Crippen molar-refractivity contribution in [2.45, 2.75) is 51.9 Å². The minimum absolute atomic E-state index is 0.266. The lowest BCUT2D eigenvalue weighted by molar-refractivity contribution is -0.141. The molecule has 30 heavy (non-hydrogen) atoms. The Morgan fingerprint density at radius 1 is 1.27 bits per heavy atom. The highest BCUT2D eigenvalue weighted by Gasteiger charge is 2.33. The zero-order valence-corrected chi connectivity index (χ0v) is 18.0. The molecule has 0 bridgehead atoms. The molecule has 9 nitrogen and oxygen atoms in total. The fourth-order valence-electron chi connectivity index (χ4n) is 4.28. The number of hydrogen-bond donors (Lipinski definition) is 0. The molecule has 10 heteroatoms. The van der Waals surface area contributed by atoms with E-state index in [1.807, 2.05) is 0 Å². The molecule has 3 aromatic rings. The van der Waals surface area contributed by atoms with E-state index < -0.39 is 5.97 Å². The van der Waals surface area contributed by atoms with Gasteiger partial charge in [0.2, 0.25) is 0 Å². The molecule has 1 fully saturated rings. The van der Waals surface area contributed by atoms with Gasteiger partial charge in [0, 0.05) is 30.5 Å². The van der Waals surface area contributed by atoms with Crippen LogP contribution in [0.5, 0.6) is 0 Å². The van der Waals surface area contributed by atoms with Crippen LogP contribution >= 0.6 is 11.3 Å². The Hall–Kier alpha value is -2.59. The van der Waals surface area contributed by atoms with Crippen LogP contribution in [0, 0.1) is 0 Å². The average molecular weight is 430 g/mol. The van der Waals surface area contributed by atoms with E-state index in [-0.39, 0.29) is 17.7 Å². The molecule has 2 aliphatic heterocycles. The number of rotatable bonds is 3. The quantitative estimate of drug-likeness (QED) is 0.583. The van der Waals surface area contributed by atoms with Crippen molar-refractivity contribution in [3.05, 3.63) is 21.5 Å². The Kier molecular flexibility index (Phi) is 4.51. The SMILES string of the molecule is COC(=O)Cn1nnc2c(sc3nc(N4CCCC4)c4c(c32)CC(C)(C)OC4)c1=O. The molecule has 2 aliphatic rings. The van der Waals surface area contributed by atoms with Crippen LogP contribution in [0.25, 0.3) is 20.4 Å². The van der Waals surface area contributed by atoms with Crippen molar-refractivity contribution in [3.8, 4) is 0 Å². The van der Waals surface area contributed by atoms with Crippen LogP contribution in [-0.4, -0.2) is 51.7 Å². The first-order valence-electron chi connectivity index (χ1n) is 10.1. The maximum absolute atomic E-state index is 13.0. The zero-order chi connectivity index (χ0) is 21.0. The Balaban J connectivity index is 1.77. The molecule has 0 aliphatic carbocycles. The van der Waals surface area contributed by atoms with Gasteiger partial charge in [-0.15, -0.1) is 16.4 Å². The van der Waals surface area contributed by atoms with Gasteiger partial charge < -0.3 is 14.4 Å². The highest BCUT2D eigenvalue weighted by molar-refractivity contribution is 7.25. The van der Waals surface area contributed by atoms with Crippen molar-refractivity contribution >= 4 is 43.6 Å². The smallest absolute Gasteiger partial charge is 0.327 e. The number of anilines is 1. The van der Waals surface area contributed by atoms with Gasteiger partial charge in [-0.25, -0.2) is 4.98 Å². The summed E-state index contributed by atoms with van der Waals surface area (Å²) in [6, 6.07) is 0. The van der Waals surface area contributed by atoms with Gasteiger partial charge >= 0.3 is 5.97 Å². The van der Waals surface area contributed by atoms with E-state index in [2.05, 4.69) is 33.8 Å². The largest absolute Gasteiger partial charge is 0.468 e. The summed E-state index contributed by atoms with van der Waals surface area (Å²) in [5, 5.41) is 9.20. The Labute approximate surface area is 176 Å². The molecule has 158 valence electrons. The van der Waals surface area contributed by atoms with Gasteiger partial charge in [0.1, 0.15) is 27.4 Å². The van der Waals surface area contributed by atoms with Crippen molar-refractivity contribution < 1.29 is 14.3 Å². The molecule has 0 saturated carbocycles. The summed E-state index contributed by atoms with van der Waals surface area (Å²) in [4.78, 5) is 32.7. The summed E-state index contributed by atoms with van der Waals surface area (Å²) < 4.78 is 12.3. The number of ether oxygens (including phenoxy) is 2. The topological polar surface area (TPSA) is 99.4 Å². The summed E-state index contributed by atoms with van der Waals surface area (Å²) >= 11 is 1.32. The van der Waals surface area contributed by atoms with Crippen LogP contribution in [-0.2, 0) is 33.8 Å². The van der Waals surface area contributed by atoms with Crippen LogP contribution in [0.1, 0.15) is 37.8 Å². The minimum Gasteiger partial charge on any atom is -0.468 e. The van der Waals surface area contributed by atoms with Gasteiger partial charge in [0.15, 0.2) is 0 Å². The predicted octanol–water partition coefficient (Wildman–Crippen LogP) is 2.03. The summed E-state index contributed by atoms with van der Waals surface area (Å²) in [5.41, 5.74) is 2.12. The highest BCUT2D eigenvalue weighted by Crippen LogP contribution is 2.42. The molecule has 0 spiro atoms. The third kappa shape index (κ3) is 3.05. The van der Waals surface area contributed by atoms with Gasteiger partial charge in [-0.1, -0.05) is 5.21 Å².